The third-order valence-electron chi connectivity index (χ3n) is 6.98. The Bertz CT molecular complexity index is 1380. The number of hydrogen-bond acceptors (Lipinski definition) is 8. The lowest BCUT2D eigenvalue weighted by Gasteiger charge is -2.36. The second-order valence-corrected chi connectivity index (χ2v) is 11.0. The van der Waals surface area contributed by atoms with Gasteiger partial charge in [-0.3, -0.25) is 4.79 Å². The second-order valence-electron chi connectivity index (χ2n) is 9.37. The summed E-state index contributed by atoms with van der Waals surface area (Å²) >= 11 is 0. The van der Waals surface area contributed by atoms with E-state index in [9.17, 15) is 13.2 Å². The summed E-state index contributed by atoms with van der Waals surface area (Å²) in [5.41, 5.74) is 0.695. The predicted octanol–water partition coefficient (Wildman–Crippen LogP) is 4.00. The van der Waals surface area contributed by atoms with Gasteiger partial charge in [0.1, 0.15) is 17.4 Å². The number of benzene rings is 1. The Kier molecular flexibility index (Phi) is 6.90. The van der Waals surface area contributed by atoms with Crippen molar-refractivity contribution in [2.75, 3.05) is 30.5 Å². The van der Waals surface area contributed by atoms with Gasteiger partial charge < -0.3 is 14.5 Å². The molecule has 4 rings (SSSR count). The molecule has 1 aliphatic rings. The van der Waals surface area contributed by atoms with Crippen LogP contribution in [-0.2, 0) is 10.0 Å². The molecule has 0 saturated carbocycles. The van der Waals surface area contributed by atoms with Crippen LogP contribution in [0, 0.1) is 5.92 Å². The minimum absolute atomic E-state index is 0.200. The number of sulfonamides is 1. The van der Waals surface area contributed by atoms with Gasteiger partial charge in [0, 0.05) is 25.3 Å². The Hall–Kier alpha value is -3.66. The molecule has 1 saturated heterocycles. The van der Waals surface area contributed by atoms with E-state index in [1.807, 2.05) is 18.2 Å². The molecule has 2 aromatic heterocycles. The van der Waals surface area contributed by atoms with Crippen molar-refractivity contribution in [1.82, 2.24) is 14.7 Å². The molecule has 0 aliphatic carbocycles. The maximum Gasteiger partial charge on any atom is 0.281 e. The molecule has 3 aromatic rings. The number of amides is 1. The number of nitrogens with zero attached hydrogens (tertiary/aromatic N) is 4. The molecule has 1 aromatic carbocycles. The predicted molar refractivity (Wildman–Crippen MR) is 139 cm³/mol. The summed E-state index contributed by atoms with van der Waals surface area (Å²) in [4.78, 5) is 25.8. The van der Waals surface area contributed by atoms with Crippen LogP contribution in [0.3, 0.4) is 0 Å². The number of anilines is 3. The van der Waals surface area contributed by atoms with Gasteiger partial charge >= 0.3 is 0 Å². The van der Waals surface area contributed by atoms with E-state index in [-0.39, 0.29) is 16.1 Å². The van der Waals surface area contributed by atoms with Crippen LogP contribution < -0.4 is 19.3 Å². The first-order chi connectivity index (χ1) is 17.1. The molecule has 190 valence electrons. The van der Waals surface area contributed by atoms with Gasteiger partial charge in [-0.05, 0) is 62.6 Å². The Labute approximate surface area is 212 Å². The van der Waals surface area contributed by atoms with Gasteiger partial charge in [-0.15, -0.1) is 0 Å². The van der Waals surface area contributed by atoms with E-state index in [2.05, 4.69) is 40.4 Å². The van der Waals surface area contributed by atoms with Gasteiger partial charge in [0.25, 0.3) is 15.9 Å². The molecule has 1 atom stereocenters. The number of aromatic nitrogens is 2. The average molecular weight is 510 g/mol. The van der Waals surface area contributed by atoms with Crippen LogP contribution >= 0.6 is 0 Å². The van der Waals surface area contributed by atoms with E-state index in [0.717, 1.165) is 13.0 Å². The summed E-state index contributed by atoms with van der Waals surface area (Å²) in [5.74, 6) is 1.11. The summed E-state index contributed by atoms with van der Waals surface area (Å²) in [7, 11) is -0.934. The molecular formula is C26H31N5O4S. The molecule has 1 unspecified atom stereocenters. The lowest BCUT2D eigenvalue weighted by Crippen LogP contribution is -2.43. The Balaban J connectivity index is 1.61. The summed E-state index contributed by atoms with van der Waals surface area (Å²) in [6, 6.07) is 15.2. The van der Waals surface area contributed by atoms with Crippen LogP contribution in [0.4, 0.5) is 17.3 Å². The van der Waals surface area contributed by atoms with E-state index in [0.29, 0.717) is 29.0 Å². The maximum atomic E-state index is 13.2. The van der Waals surface area contributed by atoms with Crippen LogP contribution in [0.2, 0.25) is 0 Å². The number of para-hydroxylation sites is 2. The van der Waals surface area contributed by atoms with Crippen molar-refractivity contribution in [3.8, 4) is 5.75 Å². The van der Waals surface area contributed by atoms with Crippen molar-refractivity contribution >= 4 is 33.3 Å². The van der Waals surface area contributed by atoms with Gasteiger partial charge in [-0.25, -0.2) is 14.7 Å². The first kappa shape index (κ1) is 25.4. The molecule has 36 heavy (non-hydrogen) atoms. The summed E-state index contributed by atoms with van der Waals surface area (Å²) < 4.78 is 34.0. The summed E-state index contributed by atoms with van der Waals surface area (Å²) in [6.07, 6.45) is 2.57. The molecule has 10 heteroatoms. The Morgan fingerprint density at radius 1 is 1.14 bits per heavy atom. The lowest BCUT2D eigenvalue weighted by atomic mass is 9.90. The number of nitrogens with one attached hydrogen (secondary N) is 1. The fourth-order valence-corrected chi connectivity index (χ4v) is 5.33. The van der Waals surface area contributed by atoms with E-state index in [1.165, 1.54) is 6.07 Å². The second kappa shape index (κ2) is 9.77. The zero-order valence-corrected chi connectivity index (χ0v) is 21.9. The lowest BCUT2D eigenvalue weighted by molar-refractivity contribution is 0.0981. The molecule has 0 bridgehead atoms. The van der Waals surface area contributed by atoms with E-state index >= 15 is 0 Å². The van der Waals surface area contributed by atoms with Crippen molar-refractivity contribution in [2.45, 2.75) is 37.8 Å². The zero-order chi connectivity index (χ0) is 26.1. The van der Waals surface area contributed by atoms with Crippen LogP contribution in [0.1, 0.15) is 37.6 Å². The van der Waals surface area contributed by atoms with Crippen LogP contribution in [0.25, 0.3) is 0 Å². The Morgan fingerprint density at radius 2 is 1.89 bits per heavy atom. The smallest absolute Gasteiger partial charge is 0.281 e. The maximum absolute atomic E-state index is 13.2. The molecule has 1 aliphatic heterocycles. The van der Waals surface area contributed by atoms with Crippen molar-refractivity contribution < 1.29 is 17.9 Å². The van der Waals surface area contributed by atoms with Crippen molar-refractivity contribution in [2.24, 2.45) is 5.92 Å². The first-order valence-electron chi connectivity index (χ1n) is 11.7. The monoisotopic (exact) mass is 509 g/mol. The largest absolute Gasteiger partial charge is 0.495 e. The van der Waals surface area contributed by atoms with Gasteiger partial charge in [0.05, 0.1) is 18.4 Å². The molecule has 1 amide bonds. The highest BCUT2D eigenvalue weighted by Gasteiger charge is 2.40. The van der Waals surface area contributed by atoms with Crippen LogP contribution in [0.5, 0.6) is 5.75 Å². The summed E-state index contributed by atoms with van der Waals surface area (Å²) in [6.45, 7) is 7.10. The van der Waals surface area contributed by atoms with Crippen molar-refractivity contribution in [3.63, 3.8) is 0 Å². The number of carbonyl (C=O) groups is 1. The first-order valence-corrected chi connectivity index (χ1v) is 13.2. The number of rotatable bonds is 7. The third-order valence-corrected chi connectivity index (χ3v) is 8.21. The fraction of sp³-hybridized carbons (Fsp3) is 0.346. The van der Waals surface area contributed by atoms with E-state index in [4.69, 9.17) is 4.74 Å². The normalized spacial score (nSPS) is 17.0. The standard InChI is InChI=1S/C26H31N5O4S/c1-18-15-17-31(26(18,2)3)24-19(10-9-16-27-24)25(32)29-36(33,34)23-14-8-13-22(28-23)30(4)20-11-6-7-12-21(20)35-5/h6-14,16,18H,15,17H2,1-5H3,(H,29,32). The summed E-state index contributed by atoms with van der Waals surface area (Å²) in [5, 5.41) is -0.268. The Morgan fingerprint density at radius 3 is 2.58 bits per heavy atom. The van der Waals surface area contributed by atoms with Crippen molar-refractivity contribution in [3.05, 3.63) is 66.4 Å². The number of ether oxygens (including phenoxy) is 1. The minimum Gasteiger partial charge on any atom is -0.495 e. The van der Waals surface area contributed by atoms with Gasteiger partial charge in [0.15, 0.2) is 5.03 Å². The highest BCUT2D eigenvalue weighted by molar-refractivity contribution is 7.90. The number of pyridine rings is 2. The molecule has 9 nitrogen and oxygen atoms in total. The fourth-order valence-electron chi connectivity index (χ4n) is 4.40. The number of methoxy groups -OCH3 is 1. The van der Waals surface area contributed by atoms with E-state index in [1.54, 1.807) is 55.6 Å². The number of carbonyl (C=O) groups excluding carboxylic acids is 1. The average Bonchev–Trinajstić information content (AvgIpc) is 3.15. The molecule has 0 radical (unpaired) electrons. The molecular weight excluding hydrogens is 478 g/mol. The van der Waals surface area contributed by atoms with Gasteiger partial charge in [-0.1, -0.05) is 25.1 Å². The topological polar surface area (TPSA) is 105 Å². The molecule has 0 spiro atoms. The molecule has 1 fully saturated rings. The van der Waals surface area contributed by atoms with Crippen LogP contribution in [-0.4, -0.2) is 50.5 Å². The van der Waals surface area contributed by atoms with Gasteiger partial charge in [0.2, 0.25) is 0 Å². The van der Waals surface area contributed by atoms with Crippen molar-refractivity contribution in [1.29, 1.82) is 0 Å². The quantitative estimate of drug-likeness (QED) is 0.510. The van der Waals surface area contributed by atoms with Gasteiger partial charge in [-0.2, -0.15) is 8.42 Å². The third kappa shape index (κ3) is 4.73. The highest BCUT2D eigenvalue weighted by atomic mass is 32.2. The highest BCUT2D eigenvalue weighted by Crippen LogP contribution is 2.38. The van der Waals surface area contributed by atoms with E-state index < -0.39 is 15.9 Å². The SMILES string of the molecule is COc1ccccc1N(C)c1cccc(S(=O)(=O)NC(=O)c2cccnc2N2CCC(C)C2(C)C)n1. The minimum atomic E-state index is -4.26. The number of hydrogen-bond donors (Lipinski definition) is 1. The van der Waals surface area contributed by atoms with Crippen LogP contribution in [0.15, 0.2) is 65.8 Å². The molecule has 1 N–H and O–H groups in total. The zero-order valence-electron chi connectivity index (χ0n) is 21.1. The molecule has 3 heterocycles.